The molecule has 0 aliphatic carbocycles. The Morgan fingerprint density at radius 1 is 1.08 bits per heavy atom. The van der Waals surface area contributed by atoms with E-state index in [2.05, 4.69) is 20.7 Å². The fourth-order valence-corrected chi connectivity index (χ4v) is 4.63. The molecule has 0 bridgehead atoms. The highest BCUT2D eigenvalue weighted by Gasteiger charge is 2.24. The number of sulfonamides is 1. The van der Waals surface area contributed by atoms with Crippen LogP contribution in [0.3, 0.4) is 0 Å². The van der Waals surface area contributed by atoms with Crippen molar-refractivity contribution in [2.75, 3.05) is 14.2 Å². The second-order valence-electron chi connectivity index (χ2n) is 5.61. The Bertz CT molecular complexity index is 852. The van der Waals surface area contributed by atoms with E-state index in [0.717, 1.165) is 16.9 Å². The summed E-state index contributed by atoms with van der Waals surface area (Å²) in [6.45, 7) is 3.87. The summed E-state index contributed by atoms with van der Waals surface area (Å²) >= 11 is 3.31. The number of aryl methyl sites for hydroxylation is 1. The van der Waals surface area contributed by atoms with Crippen LogP contribution in [-0.4, -0.2) is 22.6 Å². The first-order valence-corrected chi connectivity index (χ1v) is 10.1. The molecule has 0 aliphatic rings. The van der Waals surface area contributed by atoms with E-state index in [-0.39, 0.29) is 10.9 Å². The molecule has 2 aromatic rings. The molecule has 0 amide bonds. The van der Waals surface area contributed by atoms with Crippen molar-refractivity contribution in [2.45, 2.75) is 31.2 Å². The van der Waals surface area contributed by atoms with Crippen LogP contribution in [0.4, 0.5) is 0 Å². The van der Waals surface area contributed by atoms with Gasteiger partial charge in [-0.2, -0.15) is 0 Å². The van der Waals surface area contributed by atoms with Gasteiger partial charge < -0.3 is 9.47 Å². The zero-order valence-corrected chi connectivity index (χ0v) is 17.1. The zero-order valence-electron chi connectivity index (χ0n) is 14.7. The Balaban J connectivity index is 2.38. The summed E-state index contributed by atoms with van der Waals surface area (Å²) in [5.41, 5.74) is 1.84. The summed E-state index contributed by atoms with van der Waals surface area (Å²) in [4.78, 5) is 0.105. The van der Waals surface area contributed by atoms with E-state index >= 15 is 0 Å². The molecule has 5 nitrogen and oxygen atoms in total. The van der Waals surface area contributed by atoms with Gasteiger partial charge >= 0.3 is 0 Å². The second-order valence-corrected chi connectivity index (χ2v) is 8.20. The van der Waals surface area contributed by atoms with E-state index < -0.39 is 10.0 Å². The largest absolute Gasteiger partial charge is 0.496 e. The predicted octanol–water partition coefficient (Wildman–Crippen LogP) is 4.20. The maximum atomic E-state index is 12.9. The number of nitrogens with one attached hydrogen (secondary N) is 1. The lowest BCUT2D eigenvalue weighted by atomic mass is 10.0. The Hall–Kier alpha value is -1.57. The SMILES string of the molecule is CCC(NS(=O)(=O)c1cc(Br)ccc1OC)c1ccc(OC)c(C)c1. The van der Waals surface area contributed by atoms with Crippen molar-refractivity contribution >= 4 is 26.0 Å². The quantitative estimate of drug-likeness (QED) is 0.718. The van der Waals surface area contributed by atoms with Gasteiger partial charge in [-0.05, 0) is 48.7 Å². The summed E-state index contributed by atoms with van der Waals surface area (Å²) in [6.07, 6.45) is 0.612. The van der Waals surface area contributed by atoms with Gasteiger partial charge in [0.05, 0.1) is 14.2 Å². The Morgan fingerprint density at radius 2 is 1.72 bits per heavy atom. The van der Waals surface area contributed by atoms with Gasteiger partial charge in [0.1, 0.15) is 16.4 Å². The van der Waals surface area contributed by atoms with E-state index in [1.807, 2.05) is 32.0 Å². The zero-order chi connectivity index (χ0) is 18.6. The van der Waals surface area contributed by atoms with Crippen LogP contribution in [0.15, 0.2) is 45.8 Å². The standard InChI is InChI=1S/C18H22BrNO4S/c1-5-15(13-6-8-16(23-3)12(2)10-13)20-25(21,22)18-11-14(19)7-9-17(18)24-4/h6-11,15,20H,5H2,1-4H3. The van der Waals surface area contributed by atoms with E-state index in [9.17, 15) is 8.42 Å². The topological polar surface area (TPSA) is 64.6 Å². The average Bonchev–Trinajstić information content (AvgIpc) is 2.59. The highest BCUT2D eigenvalue weighted by molar-refractivity contribution is 9.10. The van der Waals surface area contributed by atoms with Crippen molar-refractivity contribution in [2.24, 2.45) is 0 Å². The summed E-state index contributed by atoms with van der Waals surface area (Å²) in [5.74, 6) is 1.08. The summed E-state index contributed by atoms with van der Waals surface area (Å²) < 4.78 is 39.7. The van der Waals surface area contributed by atoms with Crippen molar-refractivity contribution in [1.29, 1.82) is 0 Å². The van der Waals surface area contributed by atoms with Gasteiger partial charge in [0.25, 0.3) is 0 Å². The third-order valence-corrected chi connectivity index (χ3v) is 5.93. The molecule has 25 heavy (non-hydrogen) atoms. The summed E-state index contributed by atoms with van der Waals surface area (Å²) in [5, 5.41) is 0. The van der Waals surface area contributed by atoms with E-state index in [0.29, 0.717) is 16.6 Å². The van der Waals surface area contributed by atoms with Crippen LogP contribution < -0.4 is 14.2 Å². The van der Waals surface area contributed by atoms with Gasteiger partial charge in [0.15, 0.2) is 0 Å². The maximum Gasteiger partial charge on any atom is 0.244 e. The van der Waals surface area contributed by atoms with Gasteiger partial charge in [-0.25, -0.2) is 13.1 Å². The first-order chi connectivity index (χ1) is 11.8. The molecule has 0 saturated carbocycles. The van der Waals surface area contributed by atoms with Gasteiger partial charge in [-0.3, -0.25) is 0 Å². The molecule has 0 aromatic heterocycles. The van der Waals surface area contributed by atoms with Crippen LogP contribution in [-0.2, 0) is 10.0 Å². The average molecular weight is 428 g/mol. The fraction of sp³-hybridized carbons (Fsp3) is 0.333. The molecule has 1 unspecified atom stereocenters. The molecular weight excluding hydrogens is 406 g/mol. The van der Waals surface area contributed by atoms with Crippen molar-refractivity contribution in [3.8, 4) is 11.5 Å². The van der Waals surface area contributed by atoms with Crippen molar-refractivity contribution < 1.29 is 17.9 Å². The minimum absolute atomic E-state index is 0.105. The number of methoxy groups -OCH3 is 2. The highest BCUT2D eigenvalue weighted by atomic mass is 79.9. The minimum Gasteiger partial charge on any atom is -0.496 e. The van der Waals surface area contributed by atoms with Crippen LogP contribution in [0.1, 0.15) is 30.5 Å². The lowest BCUT2D eigenvalue weighted by molar-refractivity contribution is 0.401. The fourth-order valence-electron chi connectivity index (χ4n) is 2.62. The third kappa shape index (κ3) is 4.54. The molecule has 1 N–H and O–H groups in total. The molecule has 0 aliphatic heterocycles. The normalized spacial score (nSPS) is 12.7. The number of benzene rings is 2. The Labute approximate surface area is 157 Å². The lowest BCUT2D eigenvalue weighted by Gasteiger charge is -2.20. The Kier molecular flexibility index (Phi) is 6.48. The van der Waals surface area contributed by atoms with Crippen LogP contribution in [0.25, 0.3) is 0 Å². The molecule has 0 heterocycles. The molecule has 2 rings (SSSR count). The summed E-state index contributed by atoms with van der Waals surface area (Å²) in [6, 6.07) is 10.2. The number of rotatable bonds is 7. The van der Waals surface area contributed by atoms with Crippen LogP contribution in [0.5, 0.6) is 11.5 Å². The molecule has 136 valence electrons. The summed E-state index contributed by atoms with van der Waals surface area (Å²) in [7, 11) is -0.686. The molecule has 1 atom stereocenters. The second kappa shape index (κ2) is 8.21. The molecular formula is C18H22BrNO4S. The van der Waals surface area contributed by atoms with Crippen LogP contribution in [0.2, 0.25) is 0 Å². The molecule has 7 heteroatoms. The molecule has 0 saturated heterocycles. The van der Waals surface area contributed by atoms with E-state index in [4.69, 9.17) is 9.47 Å². The predicted molar refractivity (Wildman–Crippen MR) is 102 cm³/mol. The molecule has 0 radical (unpaired) electrons. The molecule has 0 spiro atoms. The maximum absolute atomic E-state index is 12.9. The first kappa shape index (κ1) is 19.8. The Morgan fingerprint density at radius 3 is 2.28 bits per heavy atom. The third-order valence-electron chi connectivity index (χ3n) is 3.94. The van der Waals surface area contributed by atoms with Crippen LogP contribution in [0, 0.1) is 6.92 Å². The minimum atomic E-state index is -3.75. The van der Waals surface area contributed by atoms with E-state index in [1.54, 1.807) is 19.2 Å². The highest BCUT2D eigenvalue weighted by Crippen LogP contribution is 2.30. The number of hydrogen-bond donors (Lipinski definition) is 1. The number of halogens is 1. The molecule has 2 aromatic carbocycles. The van der Waals surface area contributed by atoms with Crippen LogP contribution >= 0.6 is 15.9 Å². The van der Waals surface area contributed by atoms with Gasteiger partial charge in [-0.15, -0.1) is 0 Å². The molecule has 0 fully saturated rings. The van der Waals surface area contributed by atoms with Gasteiger partial charge in [-0.1, -0.05) is 35.0 Å². The van der Waals surface area contributed by atoms with Crippen molar-refractivity contribution in [3.63, 3.8) is 0 Å². The van der Waals surface area contributed by atoms with Crippen molar-refractivity contribution in [3.05, 3.63) is 52.0 Å². The smallest absolute Gasteiger partial charge is 0.244 e. The first-order valence-electron chi connectivity index (χ1n) is 7.82. The lowest BCUT2D eigenvalue weighted by Crippen LogP contribution is -2.28. The van der Waals surface area contributed by atoms with Gasteiger partial charge in [0.2, 0.25) is 10.0 Å². The monoisotopic (exact) mass is 427 g/mol. The van der Waals surface area contributed by atoms with Crippen molar-refractivity contribution in [1.82, 2.24) is 4.72 Å². The number of hydrogen-bond acceptors (Lipinski definition) is 4. The van der Waals surface area contributed by atoms with Gasteiger partial charge in [0, 0.05) is 10.5 Å². The van der Waals surface area contributed by atoms with E-state index in [1.165, 1.54) is 13.2 Å². The number of ether oxygens (including phenoxy) is 2.